The molecule has 6 nitrogen and oxygen atoms in total. The van der Waals surface area contributed by atoms with E-state index in [2.05, 4.69) is 16.2 Å². The van der Waals surface area contributed by atoms with Crippen LogP contribution >= 0.6 is 0 Å². The number of hydrogen-bond acceptors (Lipinski definition) is 5. The fourth-order valence-electron chi connectivity index (χ4n) is 2.24. The number of amides is 1. The second-order valence-corrected chi connectivity index (χ2v) is 5.02. The van der Waals surface area contributed by atoms with E-state index in [0.29, 0.717) is 22.7 Å². The predicted molar refractivity (Wildman–Crippen MR) is 90.4 cm³/mol. The molecule has 120 valence electrons. The van der Waals surface area contributed by atoms with Gasteiger partial charge in [0.25, 0.3) is 5.91 Å². The van der Waals surface area contributed by atoms with Crippen LogP contribution in [0, 0.1) is 12.3 Å². The summed E-state index contributed by atoms with van der Waals surface area (Å²) in [6, 6.07) is 10.6. The van der Waals surface area contributed by atoms with Gasteiger partial charge in [-0.15, -0.1) is 6.42 Å². The van der Waals surface area contributed by atoms with Crippen LogP contribution in [0.4, 0.5) is 5.82 Å². The molecule has 3 N–H and O–H groups in total. The maximum atomic E-state index is 12.1. The van der Waals surface area contributed by atoms with Crippen molar-refractivity contribution in [3.05, 3.63) is 53.9 Å². The van der Waals surface area contributed by atoms with Gasteiger partial charge in [-0.1, -0.05) is 5.92 Å². The number of nitrogens with one attached hydrogen (secondary N) is 1. The summed E-state index contributed by atoms with van der Waals surface area (Å²) in [6.45, 7) is 0.435. The van der Waals surface area contributed by atoms with Crippen LogP contribution in [-0.2, 0) is 6.54 Å². The number of fused-ring (bicyclic) bond motifs is 1. The number of nitrogens with zero attached hydrogens (tertiary/aromatic N) is 1. The molecule has 6 heteroatoms. The normalized spacial score (nSPS) is 10.3. The van der Waals surface area contributed by atoms with Crippen LogP contribution in [0.1, 0.15) is 16.1 Å². The lowest BCUT2D eigenvalue weighted by Gasteiger charge is -2.04. The first-order valence-electron chi connectivity index (χ1n) is 7.25. The molecule has 0 spiro atoms. The highest BCUT2D eigenvalue weighted by Gasteiger charge is 2.11. The molecule has 1 aromatic carbocycles. The molecule has 0 fully saturated rings. The number of ether oxygens (including phenoxy) is 1. The Balaban J connectivity index is 1.70. The Kier molecular flexibility index (Phi) is 4.34. The van der Waals surface area contributed by atoms with Gasteiger partial charge in [0.05, 0.1) is 12.1 Å². The molecule has 0 bridgehead atoms. The van der Waals surface area contributed by atoms with Crippen molar-refractivity contribution in [1.29, 1.82) is 0 Å². The summed E-state index contributed by atoms with van der Waals surface area (Å²) in [5.41, 5.74) is 6.68. The van der Waals surface area contributed by atoms with E-state index in [-0.39, 0.29) is 24.9 Å². The summed E-state index contributed by atoms with van der Waals surface area (Å²) >= 11 is 0. The Morgan fingerprint density at radius 2 is 2.25 bits per heavy atom. The van der Waals surface area contributed by atoms with E-state index >= 15 is 0 Å². The zero-order chi connectivity index (χ0) is 16.9. The Morgan fingerprint density at radius 1 is 1.38 bits per heavy atom. The largest absolute Gasteiger partial charge is 0.481 e. The zero-order valence-corrected chi connectivity index (χ0v) is 12.8. The van der Waals surface area contributed by atoms with Crippen molar-refractivity contribution in [2.24, 2.45) is 0 Å². The molecule has 0 saturated heterocycles. The van der Waals surface area contributed by atoms with Gasteiger partial charge in [0.2, 0.25) is 0 Å². The maximum Gasteiger partial charge on any atom is 0.255 e. The average molecular weight is 321 g/mol. The summed E-state index contributed by atoms with van der Waals surface area (Å²) in [5, 5.41) is 3.67. The molecule has 3 aromatic rings. The Hall–Kier alpha value is -3.46. The van der Waals surface area contributed by atoms with Gasteiger partial charge in [-0.3, -0.25) is 4.79 Å². The lowest BCUT2D eigenvalue weighted by atomic mass is 10.2. The van der Waals surface area contributed by atoms with Crippen molar-refractivity contribution in [3.8, 4) is 18.1 Å². The standard InChI is InChI=1S/C18H15N3O3/c1-2-8-23-13-6-5-12-9-14(24-16(12)10-13)11-21-18(22)15-4-3-7-20-17(15)19/h1,3-7,9-10H,8,11H2,(H2,19,20)(H,21,22). The highest BCUT2D eigenvalue weighted by molar-refractivity contribution is 5.98. The van der Waals surface area contributed by atoms with E-state index in [1.807, 2.05) is 18.2 Å². The van der Waals surface area contributed by atoms with Crippen LogP contribution in [0.15, 0.2) is 47.0 Å². The first-order valence-corrected chi connectivity index (χ1v) is 7.25. The summed E-state index contributed by atoms with van der Waals surface area (Å²) < 4.78 is 11.1. The third-order valence-corrected chi connectivity index (χ3v) is 3.37. The molecule has 0 atom stereocenters. The Morgan fingerprint density at radius 3 is 3.04 bits per heavy atom. The first-order chi connectivity index (χ1) is 11.7. The number of benzene rings is 1. The van der Waals surface area contributed by atoms with Crippen LogP contribution in [0.25, 0.3) is 11.0 Å². The fraction of sp³-hybridized carbons (Fsp3) is 0.111. The molecule has 1 amide bonds. The number of carbonyl (C=O) groups excluding carboxylic acids is 1. The molecule has 2 heterocycles. The number of aromatic nitrogens is 1. The number of pyridine rings is 1. The topological polar surface area (TPSA) is 90.4 Å². The van der Waals surface area contributed by atoms with Gasteiger partial charge >= 0.3 is 0 Å². The van der Waals surface area contributed by atoms with E-state index in [4.69, 9.17) is 21.3 Å². The van der Waals surface area contributed by atoms with Gasteiger partial charge in [-0.25, -0.2) is 4.98 Å². The second-order valence-electron chi connectivity index (χ2n) is 5.02. The molecule has 0 aliphatic carbocycles. The van der Waals surface area contributed by atoms with E-state index in [1.54, 1.807) is 18.2 Å². The molecular weight excluding hydrogens is 306 g/mol. The van der Waals surface area contributed by atoms with Gasteiger partial charge in [-0.05, 0) is 30.3 Å². The number of furan rings is 1. The number of rotatable bonds is 5. The molecule has 24 heavy (non-hydrogen) atoms. The summed E-state index contributed by atoms with van der Waals surface area (Å²) in [4.78, 5) is 16.0. The predicted octanol–water partition coefficient (Wildman–Crippen LogP) is 2.35. The van der Waals surface area contributed by atoms with Crippen molar-refractivity contribution in [1.82, 2.24) is 10.3 Å². The van der Waals surface area contributed by atoms with E-state index < -0.39 is 0 Å². The zero-order valence-electron chi connectivity index (χ0n) is 12.8. The Labute approximate surface area is 138 Å². The molecule has 2 aromatic heterocycles. The van der Waals surface area contributed by atoms with Crippen LogP contribution in [0.5, 0.6) is 5.75 Å². The minimum absolute atomic E-state index is 0.190. The molecule has 3 rings (SSSR count). The highest BCUT2D eigenvalue weighted by Crippen LogP contribution is 2.24. The summed E-state index contributed by atoms with van der Waals surface area (Å²) in [6.07, 6.45) is 6.70. The molecule has 0 radical (unpaired) electrons. The van der Waals surface area contributed by atoms with Gasteiger partial charge in [-0.2, -0.15) is 0 Å². The van der Waals surface area contributed by atoms with Crippen LogP contribution in [0.2, 0.25) is 0 Å². The third-order valence-electron chi connectivity index (χ3n) is 3.37. The SMILES string of the molecule is C#CCOc1ccc2cc(CNC(=O)c3cccnc3N)oc2c1. The van der Waals surface area contributed by atoms with Crippen molar-refractivity contribution < 1.29 is 13.9 Å². The maximum absolute atomic E-state index is 12.1. The number of nitrogens with two attached hydrogens (primary N) is 1. The summed E-state index contributed by atoms with van der Waals surface area (Å²) in [7, 11) is 0. The number of terminal acetylenes is 1. The number of carbonyl (C=O) groups is 1. The second kappa shape index (κ2) is 6.75. The quantitative estimate of drug-likeness (QED) is 0.704. The number of nitrogen functional groups attached to an aromatic ring is 1. The van der Waals surface area contributed by atoms with Gasteiger partial charge in [0.15, 0.2) is 0 Å². The fourth-order valence-corrected chi connectivity index (χ4v) is 2.24. The van der Waals surface area contributed by atoms with Crippen LogP contribution < -0.4 is 15.8 Å². The molecular formula is C18H15N3O3. The average Bonchev–Trinajstić information content (AvgIpc) is 3.00. The molecule has 0 unspecified atom stereocenters. The summed E-state index contributed by atoms with van der Waals surface area (Å²) in [5.74, 6) is 3.54. The van der Waals surface area contributed by atoms with Gasteiger partial charge in [0, 0.05) is 17.6 Å². The lowest BCUT2D eigenvalue weighted by Crippen LogP contribution is -2.23. The lowest BCUT2D eigenvalue weighted by molar-refractivity contribution is 0.0949. The molecule has 0 saturated carbocycles. The minimum Gasteiger partial charge on any atom is -0.481 e. The van der Waals surface area contributed by atoms with E-state index in [0.717, 1.165) is 5.39 Å². The Bertz CT molecular complexity index is 925. The van der Waals surface area contributed by atoms with Crippen molar-refractivity contribution in [2.75, 3.05) is 12.3 Å². The molecule has 0 aliphatic heterocycles. The monoisotopic (exact) mass is 321 g/mol. The highest BCUT2D eigenvalue weighted by atomic mass is 16.5. The number of anilines is 1. The minimum atomic E-state index is -0.306. The first kappa shape index (κ1) is 15.4. The van der Waals surface area contributed by atoms with E-state index in [1.165, 1.54) is 6.20 Å². The van der Waals surface area contributed by atoms with Crippen molar-refractivity contribution in [2.45, 2.75) is 6.54 Å². The van der Waals surface area contributed by atoms with E-state index in [9.17, 15) is 4.79 Å². The van der Waals surface area contributed by atoms with Crippen LogP contribution in [-0.4, -0.2) is 17.5 Å². The third kappa shape index (κ3) is 3.31. The van der Waals surface area contributed by atoms with Crippen LogP contribution in [0.3, 0.4) is 0 Å². The smallest absolute Gasteiger partial charge is 0.255 e. The van der Waals surface area contributed by atoms with Crippen molar-refractivity contribution >= 4 is 22.7 Å². The number of hydrogen-bond donors (Lipinski definition) is 2. The molecule has 0 aliphatic rings. The van der Waals surface area contributed by atoms with Gasteiger partial charge < -0.3 is 20.2 Å². The van der Waals surface area contributed by atoms with Crippen molar-refractivity contribution in [3.63, 3.8) is 0 Å². The van der Waals surface area contributed by atoms with Gasteiger partial charge in [0.1, 0.15) is 29.5 Å².